The number of nitrogens with zero attached hydrogens (tertiary/aromatic N) is 1. The Morgan fingerprint density at radius 1 is 1.89 bits per heavy atom. The predicted octanol–water partition coefficient (Wildman–Crippen LogP) is 1.34. The van der Waals surface area contributed by atoms with Crippen molar-refractivity contribution in [1.29, 1.82) is 0 Å². The molecular formula is C7H9NS. The highest BCUT2D eigenvalue weighted by molar-refractivity contribution is 7.96. The third kappa shape index (κ3) is 2.00. The lowest BCUT2D eigenvalue weighted by atomic mass is 10.2. The van der Waals surface area contributed by atoms with Crippen LogP contribution in [0.1, 0.15) is 13.3 Å². The monoisotopic (exact) mass is 139 g/mol. The second-order valence-corrected chi connectivity index (χ2v) is 2.51. The molecule has 1 rings (SSSR count). The van der Waals surface area contributed by atoms with Crippen LogP contribution in [-0.2, 0) is 0 Å². The average Bonchev–Trinajstić information content (AvgIpc) is 2.13. The molecule has 0 aromatic carbocycles. The maximum Gasteiger partial charge on any atom is 0.0682 e. The molecule has 0 N–H and O–H groups in total. The van der Waals surface area contributed by atoms with E-state index >= 15 is 0 Å². The molecule has 1 nitrogen and oxygen atoms in total. The topological polar surface area (TPSA) is 12.4 Å². The molecule has 0 saturated carbocycles. The Balaban J connectivity index is 2.85. The standard InChI is InChI=1S/C7H9NS/c1-2-7-5-8-3-4-9-6-7/h3-4H,2,5H2,1H3. The molecule has 1 aliphatic heterocycles. The SMILES string of the molecule is CCC1=C=S=CC=NC1. The Kier molecular flexibility index (Phi) is 2.49. The summed E-state index contributed by atoms with van der Waals surface area (Å²) in [6.45, 7) is 2.96. The van der Waals surface area contributed by atoms with Gasteiger partial charge in [0, 0.05) is 17.2 Å². The first-order valence-corrected chi connectivity index (χ1v) is 3.89. The summed E-state index contributed by atoms with van der Waals surface area (Å²) < 4.78 is 0. The first-order valence-electron chi connectivity index (χ1n) is 3.01. The highest BCUT2D eigenvalue weighted by Gasteiger charge is 1.88. The van der Waals surface area contributed by atoms with Crippen molar-refractivity contribution in [3.8, 4) is 0 Å². The van der Waals surface area contributed by atoms with Crippen LogP contribution < -0.4 is 0 Å². The minimum Gasteiger partial charge on any atom is -0.287 e. The summed E-state index contributed by atoms with van der Waals surface area (Å²) in [6.07, 6.45) is 2.90. The predicted molar refractivity (Wildman–Crippen MR) is 45.8 cm³/mol. The van der Waals surface area contributed by atoms with Crippen LogP contribution in [-0.4, -0.2) is 23.1 Å². The van der Waals surface area contributed by atoms with Crippen LogP contribution in [0.25, 0.3) is 0 Å². The van der Waals surface area contributed by atoms with Crippen LogP contribution in [0, 0.1) is 0 Å². The first-order chi connectivity index (χ1) is 4.43. The zero-order valence-corrected chi connectivity index (χ0v) is 6.24. The van der Waals surface area contributed by atoms with E-state index < -0.39 is 0 Å². The third-order valence-corrected chi connectivity index (χ3v) is 1.81. The van der Waals surface area contributed by atoms with Crippen LogP contribution in [0.2, 0.25) is 0 Å². The maximum atomic E-state index is 4.12. The Hall–Kier alpha value is -0.590. The van der Waals surface area contributed by atoms with Gasteiger partial charge >= 0.3 is 0 Å². The zero-order valence-electron chi connectivity index (χ0n) is 5.42. The number of rotatable bonds is 1. The van der Waals surface area contributed by atoms with Crippen molar-refractivity contribution < 1.29 is 0 Å². The lowest BCUT2D eigenvalue weighted by molar-refractivity contribution is 1.04. The van der Waals surface area contributed by atoms with Crippen molar-refractivity contribution in [2.75, 3.05) is 6.54 Å². The summed E-state index contributed by atoms with van der Waals surface area (Å²) in [5.74, 6) is 0. The van der Waals surface area contributed by atoms with E-state index in [1.807, 2.05) is 11.6 Å². The average molecular weight is 139 g/mol. The largest absolute Gasteiger partial charge is 0.287 e. The van der Waals surface area contributed by atoms with E-state index in [0.717, 1.165) is 13.0 Å². The van der Waals surface area contributed by atoms with E-state index in [4.69, 9.17) is 0 Å². The molecule has 0 aromatic rings. The Morgan fingerprint density at radius 3 is 3.56 bits per heavy atom. The van der Waals surface area contributed by atoms with Gasteiger partial charge in [0.2, 0.25) is 0 Å². The number of hydrogen-bond donors (Lipinski definition) is 0. The molecule has 0 aromatic heterocycles. The van der Waals surface area contributed by atoms with Crippen molar-refractivity contribution in [1.82, 2.24) is 0 Å². The van der Waals surface area contributed by atoms with E-state index in [9.17, 15) is 0 Å². The molecule has 0 radical (unpaired) electrons. The molecule has 0 bridgehead atoms. The van der Waals surface area contributed by atoms with Crippen LogP contribution >= 0.6 is 10.9 Å². The van der Waals surface area contributed by atoms with E-state index in [2.05, 4.69) is 16.9 Å². The molecule has 0 fully saturated rings. The zero-order chi connectivity index (χ0) is 6.53. The van der Waals surface area contributed by atoms with Gasteiger partial charge in [0.25, 0.3) is 0 Å². The first kappa shape index (κ1) is 6.53. The minimum absolute atomic E-state index is 0.833. The molecule has 0 unspecified atom stereocenters. The van der Waals surface area contributed by atoms with Gasteiger partial charge < -0.3 is 0 Å². The van der Waals surface area contributed by atoms with E-state index in [-0.39, 0.29) is 0 Å². The number of aliphatic imine (C=N–C) groups is 1. The van der Waals surface area contributed by atoms with Gasteiger partial charge in [-0.1, -0.05) is 22.9 Å². The molecule has 0 spiro atoms. The lowest BCUT2D eigenvalue weighted by Gasteiger charge is -1.90. The van der Waals surface area contributed by atoms with Gasteiger partial charge in [0.1, 0.15) is 0 Å². The quantitative estimate of drug-likeness (QED) is 0.486. The fourth-order valence-corrected chi connectivity index (χ4v) is 1.16. The van der Waals surface area contributed by atoms with Gasteiger partial charge in [0.15, 0.2) is 0 Å². The molecule has 9 heavy (non-hydrogen) atoms. The van der Waals surface area contributed by atoms with Crippen LogP contribution in [0.3, 0.4) is 0 Å². The third-order valence-electron chi connectivity index (χ3n) is 1.15. The Bertz CT molecular complexity index is 215. The summed E-state index contributed by atoms with van der Waals surface area (Å²) >= 11 is 0. The Labute approximate surface area is 58.7 Å². The van der Waals surface area contributed by atoms with E-state index in [0.29, 0.717) is 0 Å². The molecule has 0 aliphatic carbocycles. The molecule has 0 atom stereocenters. The van der Waals surface area contributed by atoms with E-state index in [1.54, 1.807) is 10.9 Å². The highest BCUT2D eigenvalue weighted by Crippen LogP contribution is 1.96. The Morgan fingerprint density at radius 2 is 2.78 bits per heavy atom. The van der Waals surface area contributed by atoms with Gasteiger partial charge in [-0.05, 0) is 6.42 Å². The molecule has 1 aliphatic rings. The molecule has 48 valence electrons. The van der Waals surface area contributed by atoms with Gasteiger partial charge in [-0.15, -0.1) is 0 Å². The van der Waals surface area contributed by atoms with Gasteiger partial charge in [-0.2, -0.15) is 0 Å². The van der Waals surface area contributed by atoms with Crippen molar-refractivity contribution in [3.63, 3.8) is 0 Å². The summed E-state index contributed by atoms with van der Waals surface area (Å²) in [5, 5.41) is 5.13. The lowest BCUT2D eigenvalue weighted by Crippen LogP contribution is -1.85. The second-order valence-electron chi connectivity index (χ2n) is 1.80. The fraction of sp³-hybridized carbons (Fsp3) is 0.429. The minimum atomic E-state index is 0.833. The van der Waals surface area contributed by atoms with Crippen molar-refractivity contribution in [2.45, 2.75) is 13.3 Å². The van der Waals surface area contributed by atoms with Gasteiger partial charge in [-0.25, -0.2) is 0 Å². The summed E-state index contributed by atoms with van der Waals surface area (Å²) in [5.41, 5.74) is 1.30. The van der Waals surface area contributed by atoms with Crippen molar-refractivity contribution in [2.24, 2.45) is 4.99 Å². The summed E-state index contributed by atoms with van der Waals surface area (Å²) in [4.78, 5) is 4.12. The molecule has 2 heteroatoms. The molecule has 0 amide bonds. The molecular weight excluding hydrogens is 130 g/mol. The van der Waals surface area contributed by atoms with Crippen LogP contribution in [0.5, 0.6) is 0 Å². The van der Waals surface area contributed by atoms with Crippen LogP contribution in [0.15, 0.2) is 10.6 Å². The van der Waals surface area contributed by atoms with Gasteiger partial charge in [0.05, 0.1) is 6.54 Å². The smallest absolute Gasteiger partial charge is 0.0682 e. The molecule has 0 saturated heterocycles. The number of hydrogen-bond acceptors (Lipinski definition) is 1. The van der Waals surface area contributed by atoms with E-state index in [1.165, 1.54) is 5.57 Å². The van der Waals surface area contributed by atoms with Crippen molar-refractivity contribution >= 4 is 27.5 Å². The fourth-order valence-electron chi connectivity index (χ4n) is 0.570. The molecule has 1 heterocycles. The van der Waals surface area contributed by atoms with Gasteiger partial charge in [-0.3, -0.25) is 4.99 Å². The summed E-state index contributed by atoms with van der Waals surface area (Å²) in [7, 11) is 1.59. The normalized spacial score (nSPS) is 16.3. The van der Waals surface area contributed by atoms with Crippen molar-refractivity contribution in [3.05, 3.63) is 5.57 Å². The summed E-state index contributed by atoms with van der Waals surface area (Å²) in [6, 6.07) is 0. The maximum absolute atomic E-state index is 4.12. The highest BCUT2D eigenvalue weighted by atomic mass is 32.1. The second kappa shape index (κ2) is 3.44. The van der Waals surface area contributed by atoms with Crippen LogP contribution in [0.4, 0.5) is 0 Å².